The van der Waals surface area contributed by atoms with Crippen LogP contribution in [0.25, 0.3) is 0 Å². The molecule has 0 aromatic heterocycles. The fourth-order valence-electron chi connectivity index (χ4n) is 0. The minimum atomic E-state index is -5.88. The topological polar surface area (TPSA) is 408 Å². The molecule has 0 radical (unpaired) electrons. The molecule has 21 nitrogen and oxygen atoms in total. The summed E-state index contributed by atoms with van der Waals surface area (Å²) in [5, 5.41) is 18.0. The molecule has 0 bridgehead atoms. The Morgan fingerprint density at radius 1 is 0.238 bits per heavy atom. The molecule has 0 fully saturated rings. The van der Waals surface area contributed by atoms with Crippen LogP contribution in [0.5, 0.6) is 0 Å². The number of rotatable bonds is 0. The quantitative estimate of drug-likeness (QED) is 0.111. The summed E-state index contributed by atoms with van der Waals surface area (Å²) >= 11 is -17.6. The maximum absolute atomic E-state index is 8.61. The van der Waals surface area contributed by atoms with Crippen LogP contribution in [0, 0.1) is 0 Å². The average molecular weight is 760 g/mol. The summed E-state index contributed by atoms with van der Waals surface area (Å²) in [6.45, 7) is 0. The summed E-state index contributed by atoms with van der Waals surface area (Å²) in [6, 6.07) is 0. The van der Waals surface area contributed by atoms with Crippen molar-refractivity contribution in [2.24, 2.45) is 0 Å². The average Bonchev–Trinajstić information content (AvgIpc) is 2.69. The van der Waals surface area contributed by atoms with Gasteiger partial charge in [-0.1, -0.05) is 0 Å². The third kappa shape index (κ3) is 335000. The molecule has 18 N–H and O–H groups in total. The molecule has 0 aliphatic carbocycles. The van der Waals surface area contributed by atoms with Crippen molar-refractivity contribution < 1.29 is 140 Å². The van der Waals surface area contributed by atoms with Gasteiger partial charge in [0.05, 0.1) is 127 Å². The summed E-state index contributed by atoms with van der Waals surface area (Å²) in [4.78, 5) is 0. The molecule has 0 saturated heterocycles. The van der Waals surface area contributed by atoms with Crippen molar-refractivity contribution in [1.82, 2.24) is 0 Å². The zero-order chi connectivity index (χ0) is 37.9. The molecule has 0 aliphatic heterocycles. The van der Waals surface area contributed by atoms with Gasteiger partial charge in [0.15, 0.2) is 0 Å². The molecule has 276 valence electrons. The van der Waals surface area contributed by atoms with Crippen LogP contribution in [-0.2, 0) is 56.1 Å². The molecule has 0 heterocycles. The number of nitrogens with two attached hydrogens (primary N) is 9. The summed E-state index contributed by atoms with van der Waals surface area (Å²) in [7, 11) is 36.0. The van der Waals surface area contributed by atoms with Crippen LogP contribution in [0.15, 0.2) is 0 Å². The van der Waals surface area contributed by atoms with Crippen molar-refractivity contribution in [3.8, 4) is 0 Å². The molecule has 0 aromatic rings. The van der Waals surface area contributed by atoms with E-state index in [2.05, 4.69) is 0 Å². The van der Waals surface area contributed by atoms with Crippen LogP contribution in [0.1, 0.15) is 0 Å². The van der Waals surface area contributed by atoms with Crippen LogP contribution in [0.2, 0.25) is 0 Å². The van der Waals surface area contributed by atoms with E-state index in [0.29, 0.717) is 0 Å². The van der Waals surface area contributed by atoms with Gasteiger partial charge in [0.25, 0.3) is 0 Å². The van der Waals surface area contributed by atoms with E-state index in [1.54, 1.807) is 0 Å². The molecule has 0 spiro atoms. The van der Waals surface area contributed by atoms with Gasteiger partial charge in [-0.05, 0) is 0 Å². The first kappa shape index (κ1) is 78.7. The Bertz CT molecular complexity index is 351. The van der Waals surface area contributed by atoms with Crippen molar-refractivity contribution in [3.05, 3.63) is 0 Å². The number of hydrogen-bond donors (Lipinski definition) is 9. The zero-order valence-corrected chi connectivity index (χ0v) is 33.6. The molecule has 24 heteroatoms. The predicted molar refractivity (Wildman–Crippen MR) is 126 cm³/mol. The van der Waals surface area contributed by atoms with Crippen molar-refractivity contribution in [1.29, 1.82) is 0 Å². The maximum atomic E-state index is 8.61. The van der Waals surface area contributed by atoms with Gasteiger partial charge in [-0.2, -0.15) is 0 Å². The standard InChI is InChI=1S/9C2H7N.12O.3V/c9*1-3-2;;;;;;;;;;;;;;;/h9*3H,1-2H3;;;;;;;;;;;;;;;/q;;;;;;;;;;;;9*-1;;;/p+9. The monoisotopic (exact) mass is 759 g/mol. The Morgan fingerprint density at radius 2 is 0.238 bits per heavy atom. The Hall–Kier alpha value is 0.433. The van der Waals surface area contributed by atoms with Crippen LogP contribution in [-0.4, -0.2) is 127 Å². The fourth-order valence-corrected chi connectivity index (χ4v) is 0. The second kappa shape index (κ2) is 90.0. The van der Waals surface area contributed by atoms with Gasteiger partial charge < -0.3 is 47.9 Å². The van der Waals surface area contributed by atoms with Gasteiger partial charge in [0.1, 0.15) is 0 Å². The van der Waals surface area contributed by atoms with Gasteiger partial charge >= 0.3 is 92.4 Å². The molecule has 0 rings (SSSR count). The predicted octanol–water partition coefficient (Wildman–Crippen LogP) is -21.8. The summed E-state index contributed by atoms with van der Waals surface area (Å²) in [5.74, 6) is 0. The Morgan fingerprint density at radius 3 is 0.238 bits per heavy atom. The second-order valence-electron chi connectivity index (χ2n) is 6.54. The molecule has 0 atom stereocenters. The van der Waals surface area contributed by atoms with Crippen molar-refractivity contribution in [3.63, 3.8) is 0 Å². The molecule has 0 saturated carbocycles. The van der Waals surface area contributed by atoms with Crippen LogP contribution in [0.4, 0.5) is 0 Å². The van der Waals surface area contributed by atoms with Gasteiger partial charge in [0, 0.05) is 0 Å². The first-order valence-corrected chi connectivity index (χ1v) is 19.4. The second-order valence-corrected chi connectivity index (χ2v) is 10.7. The van der Waals surface area contributed by atoms with E-state index in [4.69, 9.17) is 47.3 Å². The van der Waals surface area contributed by atoms with Crippen LogP contribution in [0.3, 0.4) is 0 Å². The van der Waals surface area contributed by atoms with Gasteiger partial charge in [-0.25, -0.2) is 0 Å². The van der Waals surface area contributed by atoms with E-state index in [9.17, 15) is 0 Å². The molecular formula is C18H72N9O12V3. The zero-order valence-electron chi connectivity index (χ0n) is 29.4. The van der Waals surface area contributed by atoms with E-state index in [0.717, 1.165) is 0 Å². The first-order valence-electron chi connectivity index (χ1n) is 12.6. The molecule has 0 unspecified atom stereocenters. The van der Waals surface area contributed by atoms with E-state index >= 15 is 0 Å². The van der Waals surface area contributed by atoms with E-state index in [1.165, 1.54) is 0 Å². The molecular weight excluding hydrogens is 687 g/mol. The molecule has 0 aromatic carbocycles. The van der Waals surface area contributed by atoms with Crippen molar-refractivity contribution >= 4 is 0 Å². The Kier molecular flexibility index (Phi) is 169. The number of hydrogen-bond acceptors (Lipinski definition) is 12. The van der Waals surface area contributed by atoms with Gasteiger partial charge in [-0.15, -0.1) is 0 Å². The van der Waals surface area contributed by atoms with Gasteiger partial charge in [-0.3, -0.25) is 0 Å². The fraction of sp³-hybridized carbons (Fsp3) is 1.00. The first-order chi connectivity index (χ1) is 18.7. The molecule has 0 amide bonds. The normalized spacial score (nSPS) is 8.07. The molecule has 0 aliphatic rings. The van der Waals surface area contributed by atoms with Crippen molar-refractivity contribution in [2.45, 2.75) is 0 Å². The van der Waals surface area contributed by atoms with Crippen molar-refractivity contribution in [2.75, 3.05) is 127 Å². The number of quaternary nitrogens is 9. The van der Waals surface area contributed by atoms with E-state index in [1.807, 2.05) is 175 Å². The van der Waals surface area contributed by atoms with Gasteiger partial charge in [0.2, 0.25) is 0 Å². The Labute approximate surface area is 266 Å². The SMILES string of the molecule is C[NH2+]C.C[NH2+]C.C[NH2+]C.C[NH2+]C.C[NH2+]C.C[NH2+]C.C[NH2+]C.C[NH2+]C.C[NH2+]C.[O]=[V]([O-])([O-])[O-].[O]=[V]([O-])([O-])[O-].[O]=[V]([O-])([O-])[O-]. The van der Waals surface area contributed by atoms with E-state index in [-0.39, 0.29) is 0 Å². The minimum absolute atomic E-state index is 2.00. The third-order valence-corrected chi connectivity index (χ3v) is 0. The summed E-state index contributed by atoms with van der Waals surface area (Å²) < 4.78 is 103. The third-order valence-electron chi connectivity index (χ3n) is 0. The Balaban J connectivity index is -0.0000000236. The van der Waals surface area contributed by atoms with Crippen LogP contribution >= 0.6 is 0 Å². The summed E-state index contributed by atoms with van der Waals surface area (Å²) in [6.07, 6.45) is 0. The van der Waals surface area contributed by atoms with E-state index < -0.39 is 45.1 Å². The van der Waals surface area contributed by atoms with Crippen LogP contribution < -0.4 is 84.1 Å². The summed E-state index contributed by atoms with van der Waals surface area (Å²) in [5.41, 5.74) is 0. The molecule has 42 heavy (non-hydrogen) atoms.